The summed E-state index contributed by atoms with van der Waals surface area (Å²) in [5.74, 6) is 2.09. The number of aromatic nitrogens is 1. The Hall–Kier alpha value is -3.12. The van der Waals surface area contributed by atoms with E-state index in [1.807, 2.05) is 54.6 Å². The van der Waals surface area contributed by atoms with Crippen LogP contribution in [0, 0.1) is 0 Å². The fourth-order valence-electron chi connectivity index (χ4n) is 2.12. The first-order valence-electron chi connectivity index (χ1n) is 8.01. The van der Waals surface area contributed by atoms with Gasteiger partial charge in [0.05, 0.1) is 12.4 Å². The van der Waals surface area contributed by atoms with Crippen molar-refractivity contribution in [1.29, 1.82) is 0 Å². The summed E-state index contributed by atoms with van der Waals surface area (Å²) in [6.07, 6.45) is 4.98. The van der Waals surface area contributed by atoms with Crippen LogP contribution in [0.1, 0.15) is 11.1 Å². The summed E-state index contributed by atoms with van der Waals surface area (Å²) in [6.45, 7) is 0. The Labute approximate surface area is 156 Å². The molecule has 2 N–H and O–H groups in total. The number of nitrogens with two attached hydrogens (primary N) is 1. The molecule has 0 spiro atoms. The zero-order valence-corrected chi connectivity index (χ0v) is 14.8. The van der Waals surface area contributed by atoms with E-state index in [2.05, 4.69) is 27.3 Å². The molecule has 2 aromatic carbocycles. The van der Waals surface area contributed by atoms with E-state index in [1.165, 1.54) is 17.3 Å². The number of rotatable bonds is 6. The highest BCUT2D eigenvalue weighted by molar-refractivity contribution is 8.13. The average molecular weight is 362 g/mol. The Bertz CT molecular complexity index is 883. The van der Waals surface area contributed by atoms with Gasteiger partial charge in [-0.15, -0.1) is 5.10 Å². The highest BCUT2D eigenvalue weighted by Crippen LogP contribution is 2.23. The largest absolute Gasteiger partial charge is 0.455 e. The quantitative estimate of drug-likeness (QED) is 0.399. The second kappa shape index (κ2) is 9.39. The topological polar surface area (TPSA) is 72.9 Å². The molecule has 3 rings (SSSR count). The molecule has 0 bridgehead atoms. The highest BCUT2D eigenvalue weighted by atomic mass is 32.2. The molecule has 0 fully saturated rings. The van der Waals surface area contributed by atoms with Crippen LogP contribution in [0.3, 0.4) is 0 Å². The van der Waals surface area contributed by atoms with Crippen molar-refractivity contribution in [3.05, 3.63) is 90.3 Å². The number of thioether (sulfide) groups is 1. The van der Waals surface area contributed by atoms with Gasteiger partial charge < -0.3 is 10.5 Å². The number of para-hydroxylation sites is 1. The van der Waals surface area contributed by atoms with Gasteiger partial charge in [0.1, 0.15) is 11.5 Å². The van der Waals surface area contributed by atoms with Gasteiger partial charge in [-0.05, 0) is 29.8 Å². The van der Waals surface area contributed by atoms with Crippen molar-refractivity contribution in [2.45, 2.75) is 5.75 Å². The van der Waals surface area contributed by atoms with Gasteiger partial charge in [-0.3, -0.25) is 4.98 Å². The third-order valence-corrected chi connectivity index (χ3v) is 4.22. The highest BCUT2D eigenvalue weighted by Gasteiger charge is 2.02. The lowest BCUT2D eigenvalue weighted by molar-refractivity contribution is 0.479. The van der Waals surface area contributed by atoms with Gasteiger partial charge >= 0.3 is 0 Å². The van der Waals surface area contributed by atoms with Crippen molar-refractivity contribution in [3.63, 3.8) is 0 Å². The summed E-state index contributed by atoms with van der Waals surface area (Å²) in [5.41, 5.74) is 7.90. The van der Waals surface area contributed by atoms with Crippen LogP contribution in [0.4, 0.5) is 0 Å². The van der Waals surface area contributed by atoms with Gasteiger partial charge in [0, 0.05) is 17.5 Å². The fraction of sp³-hybridized carbons (Fsp3) is 0.0500. The van der Waals surface area contributed by atoms with Crippen molar-refractivity contribution in [2.75, 3.05) is 0 Å². The fourth-order valence-corrected chi connectivity index (χ4v) is 2.73. The van der Waals surface area contributed by atoms with Crippen molar-refractivity contribution in [3.8, 4) is 11.5 Å². The van der Waals surface area contributed by atoms with Crippen LogP contribution in [0.25, 0.3) is 0 Å². The standard InChI is InChI=1S/C20H18N4OS/c21-20(26-15-16-7-2-1-3-8-16)24-23-13-17-9-4-5-11-19(17)25-18-10-6-12-22-14-18/h1-14H,15H2,(H2,21,24). The maximum atomic E-state index is 5.91. The maximum Gasteiger partial charge on any atom is 0.180 e. The first-order chi connectivity index (χ1) is 12.8. The zero-order valence-electron chi connectivity index (χ0n) is 14.0. The lowest BCUT2D eigenvalue weighted by Gasteiger charge is -2.07. The predicted octanol–water partition coefficient (Wildman–Crippen LogP) is 4.46. The number of pyridine rings is 1. The SMILES string of the molecule is NC(=NN=Cc1ccccc1Oc1cccnc1)SCc1ccccc1. The Kier molecular flexibility index (Phi) is 6.39. The molecule has 0 atom stereocenters. The normalized spacial score (nSPS) is 11.6. The third kappa shape index (κ3) is 5.46. The molecule has 0 aliphatic heterocycles. The molecule has 0 unspecified atom stereocenters. The lowest BCUT2D eigenvalue weighted by Crippen LogP contribution is -2.06. The van der Waals surface area contributed by atoms with Crippen LogP contribution in [-0.4, -0.2) is 16.4 Å². The first-order valence-corrected chi connectivity index (χ1v) is 9.00. The smallest absolute Gasteiger partial charge is 0.180 e. The van der Waals surface area contributed by atoms with Crippen molar-refractivity contribution in [2.24, 2.45) is 15.9 Å². The third-order valence-electron chi connectivity index (χ3n) is 3.36. The van der Waals surface area contributed by atoms with Gasteiger partial charge in [-0.2, -0.15) is 5.10 Å². The van der Waals surface area contributed by atoms with E-state index in [4.69, 9.17) is 10.5 Å². The Morgan fingerprint density at radius 1 is 1.04 bits per heavy atom. The molecule has 0 saturated heterocycles. The van der Waals surface area contributed by atoms with E-state index in [1.54, 1.807) is 18.6 Å². The molecule has 0 aliphatic carbocycles. The van der Waals surface area contributed by atoms with E-state index in [-0.39, 0.29) is 0 Å². The molecule has 6 heteroatoms. The van der Waals surface area contributed by atoms with Crippen molar-refractivity contribution < 1.29 is 4.74 Å². The number of amidine groups is 1. The van der Waals surface area contributed by atoms with Crippen LogP contribution in [-0.2, 0) is 5.75 Å². The first kappa shape index (κ1) is 17.7. The minimum atomic E-state index is 0.413. The molecular formula is C20H18N4OS. The van der Waals surface area contributed by atoms with Gasteiger partial charge in [0.2, 0.25) is 0 Å². The summed E-state index contributed by atoms with van der Waals surface area (Å²) in [5, 5.41) is 8.53. The molecule has 1 aromatic heterocycles. The summed E-state index contributed by atoms with van der Waals surface area (Å²) in [4.78, 5) is 4.04. The maximum absolute atomic E-state index is 5.91. The molecule has 0 aliphatic rings. The lowest BCUT2D eigenvalue weighted by atomic mass is 10.2. The molecule has 5 nitrogen and oxygen atoms in total. The van der Waals surface area contributed by atoms with Crippen LogP contribution in [0.2, 0.25) is 0 Å². The molecular weight excluding hydrogens is 344 g/mol. The van der Waals surface area contributed by atoms with Crippen LogP contribution in [0.5, 0.6) is 11.5 Å². The molecule has 130 valence electrons. The predicted molar refractivity (Wildman–Crippen MR) is 108 cm³/mol. The second-order valence-corrected chi connectivity index (χ2v) is 6.28. The number of benzene rings is 2. The number of nitrogens with zero attached hydrogens (tertiary/aromatic N) is 3. The van der Waals surface area contributed by atoms with Crippen LogP contribution < -0.4 is 10.5 Å². The van der Waals surface area contributed by atoms with Crippen LogP contribution >= 0.6 is 11.8 Å². The summed E-state index contributed by atoms with van der Waals surface area (Å²) >= 11 is 1.45. The summed E-state index contributed by atoms with van der Waals surface area (Å²) in [6, 6.07) is 21.3. The van der Waals surface area contributed by atoms with Gasteiger partial charge in [0.15, 0.2) is 5.17 Å². The van der Waals surface area contributed by atoms with Gasteiger partial charge in [-0.25, -0.2) is 0 Å². The minimum Gasteiger partial charge on any atom is -0.455 e. The molecule has 3 aromatic rings. The second-order valence-electron chi connectivity index (χ2n) is 5.29. The Balaban J connectivity index is 1.62. The Morgan fingerprint density at radius 3 is 2.65 bits per heavy atom. The monoisotopic (exact) mass is 362 g/mol. The van der Waals surface area contributed by atoms with E-state index in [0.717, 1.165) is 11.3 Å². The molecule has 0 radical (unpaired) electrons. The van der Waals surface area contributed by atoms with Gasteiger partial charge in [-0.1, -0.05) is 54.2 Å². The van der Waals surface area contributed by atoms with E-state index >= 15 is 0 Å². The number of ether oxygens (including phenoxy) is 1. The van der Waals surface area contributed by atoms with E-state index in [0.29, 0.717) is 16.7 Å². The van der Waals surface area contributed by atoms with Gasteiger partial charge in [0.25, 0.3) is 0 Å². The van der Waals surface area contributed by atoms with E-state index in [9.17, 15) is 0 Å². The van der Waals surface area contributed by atoms with Crippen molar-refractivity contribution in [1.82, 2.24) is 4.98 Å². The molecule has 0 saturated carbocycles. The zero-order chi connectivity index (χ0) is 18.0. The molecule has 26 heavy (non-hydrogen) atoms. The van der Waals surface area contributed by atoms with E-state index < -0.39 is 0 Å². The average Bonchev–Trinajstić information content (AvgIpc) is 2.69. The number of hydrogen-bond acceptors (Lipinski definition) is 5. The summed E-state index contributed by atoms with van der Waals surface area (Å²) in [7, 11) is 0. The van der Waals surface area contributed by atoms with Crippen LogP contribution in [0.15, 0.2) is 89.3 Å². The summed E-state index contributed by atoms with van der Waals surface area (Å²) < 4.78 is 5.83. The Morgan fingerprint density at radius 2 is 1.85 bits per heavy atom. The number of hydrogen-bond donors (Lipinski definition) is 1. The molecule has 0 amide bonds. The minimum absolute atomic E-state index is 0.413. The van der Waals surface area contributed by atoms with Crippen molar-refractivity contribution >= 4 is 23.1 Å². The molecule has 1 heterocycles.